The summed E-state index contributed by atoms with van der Waals surface area (Å²) in [6.45, 7) is 7.79. The second kappa shape index (κ2) is 4.34. The van der Waals surface area contributed by atoms with E-state index >= 15 is 0 Å². The highest BCUT2D eigenvalue weighted by atomic mass is 15.1. The first kappa shape index (κ1) is 12.7. The predicted octanol–water partition coefficient (Wildman–Crippen LogP) is 3.30. The molecule has 1 aliphatic rings. The van der Waals surface area contributed by atoms with Crippen molar-refractivity contribution < 1.29 is 0 Å². The van der Waals surface area contributed by atoms with Gasteiger partial charge in [-0.05, 0) is 37.1 Å². The fraction of sp³-hybridized carbons (Fsp3) is 0.562. The molecule has 1 N–H and O–H groups in total. The van der Waals surface area contributed by atoms with Crippen LogP contribution in [0, 0.1) is 0 Å². The lowest BCUT2D eigenvalue weighted by Crippen LogP contribution is -2.17. The van der Waals surface area contributed by atoms with E-state index in [9.17, 15) is 0 Å². The van der Waals surface area contributed by atoms with E-state index < -0.39 is 0 Å². The number of hydrogen-bond donors (Lipinski definition) is 1. The lowest BCUT2D eigenvalue weighted by atomic mass is 9.96. The van der Waals surface area contributed by atoms with Gasteiger partial charge in [0.2, 0.25) is 0 Å². The van der Waals surface area contributed by atoms with Crippen molar-refractivity contribution in [1.29, 1.82) is 0 Å². The van der Waals surface area contributed by atoms with E-state index in [1.54, 1.807) is 0 Å². The summed E-state index contributed by atoms with van der Waals surface area (Å²) < 4.78 is 2.24. The van der Waals surface area contributed by atoms with E-state index in [0.717, 1.165) is 17.9 Å². The van der Waals surface area contributed by atoms with Crippen LogP contribution in [0.15, 0.2) is 18.2 Å². The molecule has 1 unspecified atom stereocenters. The second-order valence-electron chi connectivity index (χ2n) is 6.64. The van der Waals surface area contributed by atoms with E-state index in [-0.39, 0.29) is 5.41 Å². The van der Waals surface area contributed by atoms with Crippen LogP contribution < -0.4 is 5.32 Å². The van der Waals surface area contributed by atoms with Crippen molar-refractivity contribution in [2.24, 2.45) is 7.05 Å². The summed E-state index contributed by atoms with van der Waals surface area (Å²) in [5.41, 5.74) is 3.83. The normalized spacial score (nSPS) is 20.3. The predicted molar refractivity (Wildman–Crippen MR) is 79.4 cm³/mol. The number of aromatic nitrogens is 2. The van der Waals surface area contributed by atoms with Gasteiger partial charge in [-0.25, -0.2) is 4.98 Å². The molecule has 1 aliphatic heterocycles. The van der Waals surface area contributed by atoms with Gasteiger partial charge >= 0.3 is 0 Å². The summed E-state index contributed by atoms with van der Waals surface area (Å²) in [5, 5.41) is 3.56. The highest BCUT2D eigenvalue weighted by molar-refractivity contribution is 5.77. The Morgan fingerprint density at radius 3 is 2.74 bits per heavy atom. The van der Waals surface area contributed by atoms with Gasteiger partial charge in [-0.1, -0.05) is 26.8 Å². The van der Waals surface area contributed by atoms with Gasteiger partial charge in [-0.3, -0.25) is 0 Å². The molecule has 0 amide bonds. The molecule has 2 heterocycles. The van der Waals surface area contributed by atoms with Crippen LogP contribution in [0.5, 0.6) is 0 Å². The van der Waals surface area contributed by atoms with Gasteiger partial charge in [0.15, 0.2) is 0 Å². The maximum atomic E-state index is 4.79. The van der Waals surface area contributed by atoms with Crippen LogP contribution in [0.1, 0.15) is 51.0 Å². The Morgan fingerprint density at radius 1 is 1.32 bits per heavy atom. The van der Waals surface area contributed by atoms with Crippen LogP contribution in [0.3, 0.4) is 0 Å². The Balaban J connectivity index is 2.10. The third-order valence-corrected chi connectivity index (χ3v) is 4.04. The number of nitrogens with zero attached hydrogens (tertiary/aromatic N) is 2. The zero-order chi connectivity index (χ0) is 13.6. The number of aryl methyl sites for hydroxylation is 1. The molecule has 3 nitrogen and oxygen atoms in total. The first-order chi connectivity index (χ1) is 8.97. The van der Waals surface area contributed by atoms with Gasteiger partial charge in [0.05, 0.1) is 11.0 Å². The van der Waals surface area contributed by atoms with Crippen LogP contribution in [0.2, 0.25) is 0 Å². The van der Waals surface area contributed by atoms with Crippen molar-refractivity contribution in [2.75, 3.05) is 6.54 Å². The summed E-state index contributed by atoms with van der Waals surface area (Å²) in [6.07, 6.45) is 2.52. The SMILES string of the molecule is Cn1c(C(C)(C)C)nc2ccc(C3CCCN3)cc21. The van der Waals surface area contributed by atoms with Gasteiger partial charge in [0, 0.05) is 18.5 Å². The van der Waals surface area contributed by atoms with Crippen LogP contribution >= 0.6 is 0 Å². The highest BCUT2D eigenvalue weighted by Crippen LogP contribution is 2.29. The highest BCUT2D eigenvalue weighted by Gasteiger charge is 2.22. The maximum absolute atomic E-state index is 4.79. The fourth-order valence-corrected chi connectivity index (χ4v) is 3.06. The third kappa shape index (κ3) is 2.16. The number of fused-ring (bicyclic) bond motifs is 1. The smallest absolute Gasteiger partial charge is 0.115 e. The number of rotatable bonds is 1. The zero-order valence-corrected chi connectivity index (χ0v) is 12.3. The van der Waals surface area contributed by atoms with E-state index in [1.807, 2.05) is 0 Å². The molecular formula is C16H23N3. The molecule has 1 aromatic carbocycles. The lowest BCUT2D eigenvalue weighted by Gasteiger charge is -2.17. The molecular weight excluding hydrogens is 234 g/mol. The van der Waals surface area contributed by atoms with Crippen LogP contribution in [0.25, 0.3) is 11.0 Å². The average molecular weight is 257 g/mol. The van der Waals surface area contributed by atoms with Gasteiger partial charge in [-0.15, -0.1) is 0 Å². The molecule has 3 rings (SSSR count). The van der Waals surface area contributed by atoms with E-state index in [1.165, 1.54) is 23.9 Å². The Bertz CT molecular complexity index is 598. The molecule has 0 spiro atoms. The quantitative estimate of drug-likeness (QED) is 0.849. The first-order valence-electron chi connectivity index (χ1n) is 7.17. The first-order valence-corrected chi connectivity index (χ1v) is 7.17. The van der Waals surface area contributed by atoms with Crippen molar-refractivity contribution in [3.8, 4) is 0 Å². The number of nitrogens with one attached hydrogen (secondary N) is 1. The van der Waals surface area contributed by atoms with E-state index in [0.29, 0.717) is 6.04 Å². The molecule has 1 aromatic heterocycles. The summed E-state index contributed by atoms with van der Waals surface area (Å²) in [4.78, 5) is 4.79. The monoisotopic (exact) mass is 257 g/mol. The number of benzene rings is 1. The summed E-state index contributed by atoms with van der Waals surface area (Å²) in [7, 11) is 2.13. The van der Waals surface area contributed by atoms with Crippen molar-refractivity contribution in [3.63, 3.8) is 0 Å². The lowest BCUT2D eigenvalue weighted by molar-refractivity contribution is 0.526. The van der Waals surface area contributed by atoms with E-state index in [2.05, 4.69) is 55.9 Å². The minimum atomic E-state index is 0.0829. The van der Waals surface area contributed by atoms with Crippen LogP contribution in [-0.4, -0.2) is 16.1 Å². The van der Waals surface area contributed by atoms with E-state index in [4.69, 9.17) is 4.98 Å². The molecule has 1 atom stereocenters. The Labute approximate surface area is 115 Å². The van der Waals surface area contributed by atoms with Gasteiger partial charge in [-0.2, -0.15) is 0 Å². The summed E-state index contributed by atoms with van der Waals surface area (Å²) in [5.74, 6) is 1.15. The van der Waals surface area contributed by atoms with Gasteiger partial charge < -0.3 is 9.88 Å². The molecule has 0 aliphatic carbocycles. The molecule has 102 valence electrons. The number of hydrogen-bond acceptors (Lipinski definition) is 2. The maximum Gasteiger partial charge on any atom is 0.115 e. The van der Waals surface area contributed by atoms with Gasteiger partial charge in [0.1, 0.15) is 5.82 Å². The molecule has 19 heavy (non-hydrogen) atoms. The van der Waals surface area contributed by atoms with Crippen molar-refractivity contribution in [1.82, 2.24) is 14.9 Å². The molecule has 0 bridgehead atoms. The second-order valence-corrected chi connectivity index (χ2v) is 6.64. The van der Waals surface area contributed by atoms with Crippen molar-refractivity contribution in [3.05, 3.63) is 29.6 Å². The third-order valence-electron chi connectivity index (χ3n) is 4.04. The molecule has 1 saturated heterocycles. The molecule has 3 heteroatoms. The largest absolute Gasteiger partial charge is 0.331 e. The fourth-order valence-electron chi connectivity index (χ4n) is 3.06. The summed E-state index contributed by atoms with van der Waals surface area (Å²) in [6, 6.07) is 7.22. The topological polar surface area (TPSA) is 29.9 Å². The number of imidazole rings is 1. The average Bonchev–Trinajstić information content (AvgIpc) is 2.96. The molecule has 2 aromatic rings. The minimum Gasteiger partial charge on any atom is -0.331 e. The Morgan fingerprint density at radius 2 is 2.11 bits per heavy atom. The van der Waals surface area contributed by atoms with Crippen molar-refractivity contribution in [2.45, 2.75) is 45.1 Å². The van der Waals surface area contributed by atoms with Crippen LogP contribution in [-0.2, 0) is 12.5 Å². The molecule has 0 radical (unpaired) electrons. The Kier molecular flexibility index (Phi) is 2.90. The standard InChI is InChI=1S/C16H23N3/c1-16(2,3)15-18-13-8-7-11(10-14(13)19(15)4)12-6-5-9-17-12/h7-8,10,12,17H,5-6,9H2,1-4H3. The minimum absolute atomic E-state index is 0.0829. The summed E-state index contributed by atoms with van der Waals surface area (Å²) >= 11 is 0. The molecule has 1 fully saturated rings. The Hall–Kier alpha value is -1.35. The zero-order valence-electron chi connectivity index (χ0n) is 12.3. The van der Waals surface area contributed by atoms with Crippen molar-refractivity contribution >= 4 is 11.0 Å². The van der Waals surface area contributed by atoms with Crippen LogP contribution in [0.4, 0.5) is 0 Å². The molecule has 0 saturated carbocycles. The van der Waals surface area contributed by atoms with Gasteiger partial charge in [0.25, 0.3) is 0 Å².